The average molecular weight is 270 g/mol. The van der Waals surface area contributed by atoms with Crippen LogP contribution >= 0.6 is 11.8 Å². The van der Waals surface area contributed by atoms with E-state index in [-0.39, 0.29) is 11.6 Å². The van der Waals surface area contributed by atoms with Crippen molar-refractivity contribution in [3.63, 3.8) is 0 Å². The highest BCUT2D eigenvalue weighted by atomic mass is 32.2. The summed E-state index contributed by atoms with van der Waals surface area (Å²) in [7, 11) is 0. The van der Waals surface area contributed by atoms with Gasteiger partial charge in [-0.15, -0.1) is 11.8 Å². The maximum Gasteiger partial charge on any atom is 0.234 e. The van der Waals surface area contributed by atoms with Crippen molar-refractivity contribution in [1.29, 1.82) is 0 Å². The molecule has 3 nitrogen and oxygen atoms in total. The predicted molar refractivity (Wildman–Crippen MR) is 76.2 cm³/mol. The largest absolute Gasteiger partial charge is 0.396 e. The molecule has 1 rings (SSSR count). The number of amides is 1. The molecule has 0 saturated heterocycles. The highest BCUT2D eigenvalue weighted by molar-refractivity contribution is 8.00. The fourth-order valence-corrected chi connectivity index (χ4v) is 2.09. The maximum absolute atomic E-state index is 12.9. The van der Waals surface area contributed by atoms with Crippen molar-refractivity contribution >= 4 is 29.0 Å². The molecule has 100 valence electrons. The molecule has 0 aliphatic rings. The molecule has 0 aliphatic heterocycles. The Kier molecular flexibility index (Phi) is 5.47. The van der Waals surface area contributed by atoms with Gasteiger partial charge in [-0.2, -0.15) is 0 Å². The van der Waals surface area contributed by atoms with E-state index in [1.54, 1.807) is 11.8 Å². The van der Waals surface area contributed by atoms with E-state index in [0.29, 0.717) is 22.6 Å². The van der Waals surface area contributed by atoms with Crippen LogP contribution in [0.1, 0.15) is 20.8 Å². The van der Waals surface area contributed by atoms with Crippen LogP contribution < -0.4 is 11.1 Å². The highest BCUT2D eigenvalue weighted by Crippen LogP contribution is 2.20. The molecule has 0 aromatic heterocycles. The van der Waals surface area contributed by atoms with Gasteiger partial charge >= 0.3 is 0 Å². The minimum atomic E-state index is -0.476. The lowest BCUT2D eigenvalue weighted by Crippen LogP contribution is -2.17. The molecule has 0 fully saturated rings. The number of benzene rings is 1. The number of thioether (sulfide) groups is 1. The lowest BCUT2D eigenvalue weighted by molar-refractivity contribution is -0.113. The monoisotopic (exact) mass is 270 g/mol. The SMILES string of the molecule is CC(C)C(C)SCC(=O)Nc1ccc(F)c(N)c1. The maximum atomic E-state index is 12.9. The van der Waals surface area contributed by atoms with Gasteiger partial charge in [-0.25, -0.2) is 4.39 Å². The van der Waals surface area contributed by atoms with E-state index >= 15 is 0 Å². The minimum absolute atomic E-state index is 0.0380. The molecule has 1 amide bonds. The molecule has 0 bridgehead atoms. The first-order chi connectivity index (χ1) is 8.40. The first-order valence-electron chi connectivity index (χ1n) is 5.86. The molecule has 1 atom stereocenters. The fraction of sp³-hybridized carbons (Fsp3) is 0.462. The summed E-state index contributed by atoms with van der Waals surface area (Å²) in [4.78, 5) is 11.7. The zero-order chi connectivity index (χ0) is 13.7. The van der Waals surface area contributed by atoms with Gasteiger partial charge in [-0.3, -0.25) is 4.79 Å². The average Bonchev–Trinajstić information content (AvgIpc) is 2.30. The van der Waals surface area contributed by atoms with Crippen molar-refractivity contribution in [3.8, 4) is 0 Å². The van der Waals surface area contributed by atoms with Crippen molar-refractivity contribution in [2.45, 2.75) is 26.0 Å². The quantitative estimate of drug-likeness (QED) is 0.808. The van der Waals surface area contributed by atoms with Crippen molar-refractivity contribution in [3.05, 3.63) is 24.0 Å². The van der Waals surface area contributed by atoms with Crippen LogP contribution in [0.4, 0.5) is 15.8 Å². The highest BCUT2D eigenvalue weighted by Gasteiger charge is 2.11. The standard InChI is InChI=1S/C13H19FN2OS/c1-8(2)9(3)18-7-13(17)16-10-4-5-11(14)12(15)6-10/h4-6,8-9H,7,15H2,1-3H3,(H,16,17). The third kappa shape index (κ3) is 4.56. The Labute approximate surface area is 111 Å². The number of rotatable bonds is 5. The Morgan fingerprint density at radius 2 is 2.11 bits per heavy atom. The molecule has 5 heteroatoms. The van der Waals surface area contributed by atoms with Crippen LogP contribution in [0.2, 0.25) is 0 Å². The van der Waals surface area contributed by atoms with Crippen molar-refractivity contribution < 1.29 is 9.18 Å². The summed E-state index contributed by atoms with van der Waals surface area (Å²) in [6.07, 6.45) is 0. The molecule has 0 radical (unpaired) electrons. The van der Waals surface area contributed by atoms with Gasteiger partial charge in [0.05, 0.1) is 11.4 Å². The van der Waals surface area contributed by atoms with E-state index < -0.39 is 5.82 Å². The molecule has 1 aromatic carbocycles. The van der Waals surface area contributed by atoms with Gasteiger partial charge in [-0.05, 0) is 24.1 Å². The van der Waals surface area contributed by atoms with E-state index in [4.69, 9.17) is 5.73 Å². The summed E-state index contributed by atoms with van der Waals surface area (Å²) in [5, 5.41) is 3.12. The minimum Gasteiger partial charge on any atom is -0.396 e. The van der Waals surface area contributed by atoms with E-state index in [9.17, 15) is 9.18 Å². The van der Waals surface area contributed by atoms with Crippen LogP contribution in [0.3, 0.4) is 0 Å². The third-order valence-corrected chi connectivity index (χ3v) is 4.19. The molecule has 0 saturated carbocycles. The number of nitrogen functional groups attached to an aromatic ring is 1. The second-order valence-electron chi connectivity index (χ2n) is 4.54. The first kappa shape index (κ1) is 14.8. The van der Waals surface area contributed by atoms with Crippen LogP contribution in [0.25, 0.3) is 0 Å². The number of nitrogens with one attached hydrogen (secondary N) is 1. The summed E-state index contributed by atoms with van der Waals surface area (Å²) in [6, 6.07) is 4.17. The van der Waals surface area contributed by atoms with E-state index in [1.807, 2.05) is 0 Å². The Bertz CT molecular complexity index is 423. The number of hydrogen-bond donors (Lipinski definition) is 2. The summed E-state index contributed by atoms with van der Waals surface area (Å²) in [5.74, 6) is 0.343. The topological polar surface area (TPSA) is 55.1 Å². The molecule has 0 aliphatic carbocycles. The van der Waals surface area contributed by atoms with Crippen molar-refractivity contribution in [2.75, 3.05) is 16.8 Å². The molecule has 18 heavy (non-hydrogen) atoms. The summed E-state index contributed by atoms with van der Waals surface area (Å²) in [6.45, 7) is 6.34. The molecular weight excluding hydrogens is 251 g/mol. The van der Waals surface area contributed by atoms with Crippen LogP contribution in [-0.2, 0) is 4.79 Å². The van der Waals surface area contributed by atoms with Crippen molar-refractivity contribution in [2.24, 2.45) is 5.92 Å². The van der Waals surface area contributed by atoms with Crippen LogP contribution in [0, 0.1) is 11.7 Å². The number of halogens is 1. The summed E-state index contributed by atoms with van der Waals surface area (Å²) in [5.41, 5.74) is 5.99. The molecule has 0 heterocycles. The molecule has 1 aromatic rings. The van der Waals surface area contributed by atoms with Gasteiger partial charge in [0.2, 0.25) is 5.91 Å². The van der Waals surface area contributed by atoms with Gasteiger partial charge in [-0.1, -0.05) is 20.8 Å². The van der Waals surface area contributed by atoms with Crippen molar-refractivity contribution in [1.82, 2.24) is 0 Å². The van der Waals surface area contributed by atoms with Crippen LogP contribution in [0.5, 0.6) is 0 Å². The number of carbonyl (C=O) groups excluding carboxylic acids is 1. The van der Waals surface area contributed by atoms with E-state index in [0.717, 1.165) is 0 Å². The molecule has 1 unspecified atom stereocenters. The van der Waals surface area contributed by atoms with E-state index in [2.05, 4.69) is 26.1 Å². The van der Waals surface area contributed by atoms with Gasteiger partial charge < -0.3 is 11.1 Å². The Balaban J connectivity index is 2.47. The normalized spacial score (nSPS) is 12.5. The number of nitrogens with two attached hydrogens (primary N) is 1. The predicted octanol–water partition coefficient (Wildman–Crippen LogP) is 3.12. The molecule has 3 N–H and O–H groups in total. The Morgan fingerprint density at radius 3 is 2.67 bits per heavy atom. The molecular formula is C13H19FN2OS. The Hall–Kier alpha value is -1.23. The fourth-order valence-electron chi connectivity index (χ4n) is 1.22. The van der Waals surface area contributed by atoms with E-state index in [1.165, 1.54) is 18.2 Å². The van der Waals surface area contributed by atoms with Crippen LogP contribution in [-0.4, -0.2) is 16.9 Å². The Morgan fingerprint density at radius 1 is 1.44 bits per heavy atom. The second kappa shape index (κ2) is 6.64. The number of carbonyl (C=O) groups is 1. The van der Waals surface area contributed by atoms with Gasteiger partial charge in [0.25, 0.3) is 0 Å². The number of anilines is 2. The van der Waals surface area contributed by atoms with Gasteiger partial charge in [0, 0.05) is 10.9 Å². The number of hydrogen-bond acceptors (Lipinski definition) is 3. The van der Waals surface area contributed by atoms with Gasteiger partial charge in [0.1, 0.15) is 5.82 Å². The second-order valence-corrected chi connectivity index (χ2v) is 5.91. The summed E-state index contributed by atoms with van der Waals surface area (Å²) >= 11 is 1.60. The lowest BCUT2D eigenvalue weighted by atomic mass is 10.2. The first-order valence-corrected chi connectivity index (χ1v) is 6.91. The molecule has 0 spiro atoms. The zero-order valence-electron chi connectivity index (χ0n) is 10.9. The lowest BCUT2D eigenvalue weighted by Gasteiger charge is -2.14. The van der Waals surface area contributed by atoms with Gasteiger partial charge in [0.15, 0.2) is 0 Å². The van der Waals surface area contributed by atoms with Crippen LogP contribution in [0.15, 0.2) is 18.2 Å². The third-order valence-electron chi connectivity index (χ3n) is 2.70. The zero-order valence-corrected chi connectivity index (χ0v) is 11.7. The smallest absolute Gasteiger partial charge is 0.234 e. The summed E-state index contributed by atoms with van der Waals surface area (Å²) < 4.78 is 12.9.